The van der Waals surface area contributed by atoms with Crippen LogP contribution in [0.4, 0.5) is 0 Å². The van der Waals surface area contributed by atoms with Gasteiger partial charge in [-0.05, 0) is 28.1 Å². The molecule has 0 spiro atoms. The minimum Gasteiger partial charge on any atom is -0.461 e. The van der Waals surface area contributed by atoms with Crippen LogP contribution in [0, 0.1) is 0 Å². The number of hydrogen-bond donors (Lipinski definition) is 1. The highest BCUT2D eigenvalue weighted by Crippen LogP contribution is 2.13. The van der Waals surface area contributed by atoms with Crippen molar-refractivity contribution in [2.24, 2.45) is 0 Å². The van der Waals surface area contributed by atoms with Crippen molar-refractivity contribution < 1.29 is 4.42 Å². The molecule has 0 aliphatic rings. The second-order valence-electron chi connectivity index (χ2n) is 2.39. The molecule has 0 aliphatic heterocycles. The fraction of sp³-hybridized carbons (Fsp3) is 0. The molecule has 0 aliphatic carbocycles. The third-order valence-electron chi connectivity index (χ3n) is 1.51. The molecule has 2 rings (SSSR count). The van der Waals surface area contributed by atoms with Gasteiger partial charge in [0.05, 0.1) is 6.26 Å². The summed E-state index contributed by atoms with van der Waals surface area (Å²) in [4.78, 5) is 17.7. The third-order valence-corrected chi connectivity index (χ3v) is 2.08. The molecule has 5 heteroatoms. The minimum absolute atomic E-state index is 0.221. The lowest BCUT2D eigenvalue weighted by atomic mass is 10.4. The maximum atomic E-state index is 11.2. The van der Waals surface area contributed by atoms with E-state index in [1.807, 2.05) is 0 Å². The van der Waals surface area contributed by atoms with Crippen LogP contribution in [0.15, 0.2) is 38.3 Å². The van der Waals surface area contributed by atoms with Crippen LogP contribution >= 0.6 is 15.9 Å². The van der Waals surface area contributed by atoms with Gasteiger partial charge in [0.25, 0.3) is 5.56 Å². The SMILES string of the molecule is O=c1[nH]c(-c2ccco2)ncc1Br. The van der Waals surface area contributed by atoms with E-state index in [2.05, 4.69) is 25.9 Å². The Morgan fingerprint density at radius 2 is 2.38 bits per heavy atom. The highest BCUT2D eigenvalue weighted by molar-refractivity contribution is 9.10. The lowest BCUT2D eigenvalue weighted by molar-refractivity contribution is 0.577. The second-order valence-corrected chi connectivity index (χ2v) is 3.24. The van der Waals surface area contributed by atoms with Crippen LogP contribution in [-0.4, -0.2) is 9.97 Å². The van der Waals surface area contributed by atoms with Gasteiger partial charge in [0.1, 0.15) is 4.47 Å². The van der Waals surface area contributed by atoms with Gasteiger partial charge in [-0.1, -0.05) is 0 Å². The first-order valence-corrected chi connectivity index (χ1v) is 4.35. The Bertz CT molecular complexity index is 461. The highest BCUT2D eigenvalue weighted by Gasteiger charge is 2.03. The second kappa shape index (κ2) is 3.18. The standard InChI is InChI=1S/C8H5BrN2O2/c9-5-4-10-7(11-8(5)12)6-2-1-3-13-6/h1-4H,(H,10,11,12). The number of halogens is 1. The van der Waals surface area contributed by atoms with Gasteiger partial charge in [-0.3, -0.25) is 4.79 Å². The molecular formula is C8H5BrN2O2. The van der Waals surface area contributed by atoms with Crippen LogP contribution in [-0.2, 0) is 0 Å². The molecule has 0 atom stereocenters. The molecule has 4 nitrogen and oxygen atoms in total. The smallest absolute Gasteiger partial charge is 0.265 e. The summed E-state index contributed by atoms with van der Waals surface area (Å²) in [6.45, 7) is 0. The Balaban J connectivity index is 2.55. The fourth-order valence-electron chi connectivity index (χ4n) is 0.918. The minimum atomic E-state index is -0.221. The Morgan fingerprint density at radius 1 is 1.54 bits per heavy atom. The number of H-pyrrole nitrogens is 1. The summed E-state index contributed by atoms with van der Waals surface area (Å²) in [7, 11) is 0. The van der Waals surface area contributed by atoms with Gasteiger partial charge in [-0.25, -0.2) is 4.98 Å². The van der Waals surface area contributed by atoms with E-state index in [9.17, 15) is 4.79 Å². The summed E-state index contributed by atoms with van der Waals surface area (Å²) in [6, 6.07) is 3.46. The Labute approximate surface area is 81.8 Å². The molecule has 0 radical (unpaired) electrons. The zero-order valence-corrected chi connectivity index (χ0v) is 8.04. The molecule has 0 aromatic carbocycles. The van der Waals surface area contributed by atoms with Crippen LogP contribution in [0.2, 0.25) is 0 Å². The fourth-order valence-corrected chi connectivity index (χ4v) is 1.12. The predicted molar refractivity (Wildman–Crippen MR) is 50.3 cm³/mol. The van der Waals surface area contributed by atoms with E-state index in [-0.39, 0.29) is 5.56 Å². The lowest BCUT2D eigenvalue weighted by Crippen LogP contribution is -2.08. The topological polar surface area (TPSA) is 58.9 Å². The molecular weight excluding hydrogens is 236 g/mol. The Hall–Kier alpha value is -1.36. The highest BCUT2D eigenvalue weighted by atomic mass is 79.9. The van der Waals surface area contributed by atoms with Crippen molar-refractivity contribution in [1.29, 1.82) is 0 Å². The molecule has 2 heterocycles. The first-order chi connectivity index (χ1) is 6.27. The quantitative estimate of drug-likeness (QED) is 0.827. The normalized spacial score (nSPS) is 10.2. The average molecular weight is 241 g/mol. The van der Waals surface area contributed by atoms with Crippen LogP contribution in [0.5, 0.6) is 0 Å². The summed E-state index contributed by atoms with van der Waals surface area (Å²) in [5.74, 6) is 0.975. The zero-order chi connectivity index (χ0) is 9.26. The van der Waals surface area contributed by atoms with Crippen LogP contribution < -0.4 is 5.56 Å². The van der Waals surface area contributed by atoms with Crippen molar-refractivity contribution in [2.45, 2.75) is 0 Å². The largest absolute Gasteiger partial charge is 0.461 e. The molecule has 2 aromatic heterocycles. The number of nitrogens with zero attached hydrogens (tertiary/aromatic N) is 1. The van der Waals surface area contributed by atoms with Gasteiger partial charge in [-0.15, -0.1) is 0 Å². The molecule has 0 unspecified atom stereocenters. The molecule has 2 aromatic rings. The number of aromatic amines is 1. The van der Waals surface area contributed by atoms with Gasteiger partial charge >= 0.3 is 0 Å². The average Bonchev–Trinajstić information content (AvgIpc) is 2.62. The molecule has 0 saturated heterocycles. The lowest BCUT2D eigenvalue weighted by Gasteiger charge is -1.94. The van der Waals surface area contributed by atoms with Gasteiger partial charge in [0.15, 0.2) is 11.6 Å². The first kappa shape index (κ1) is 8.25. The molecule has 1 N–H and O–H groups in total. The summed E-state index contributed by atoms with van der Waals surface area (Å²) in [5.41, 5.74) is -0.221. The van der Waals surface area contributed by atoms with Crippen molar-refractivity contribution in [3.63, 3.8) is 0 Å². The molecule has 0 bridgehead atoms. The number of rotatable bonds is 1. The number of furan rings is 1. The van der Waals surface area contributed by atoms with E-state index in [1.54, 1.807) is 12.1 Å². The van der Waals surface area contributed by atoms with Crippen molar-refractivity contribution in [2.75, 3.05) is 0 Å². The molecule has 66 valence electrons. The van der Waals surface area contributed by atoms with E-state index in [0.29, 0.717) is 16.1 Å². The van der Waals surface area contributed by atoms with E-state index in [4.69, 9.17) is 4.42 Å². The third kappa shape index (κ3) is 1.55. The summed E-state index contributed by atoms with van der Waals surface area (Å²) < 4.78 is 5.47. The molecule has 0 saturated carbocycles. The summed E-state index contributed by atoms with van der Waals surface area (Å²) in [5, 5.41) is 0. The Morgan fingerprint density at radius 3 is 3.00 bits per heavy atom. The van der Waals surface area contributed by atoms with Crippen molar-refractivity contribution in [3.05, 3.63) is 39.4 Å². The van der Waals surface area contributed by atoms with Crippen molar-refractivity contribution in [3.8, 4) is 11.6 Å². The van der Waals surface area contributed by atoms with E-state index >= 15 is 0 Å². The number of hydrogen-bond acceptors (Lipinski definition) is 3. The molecule has 0 fully saturated rings. The monoisotopic (exact) mass is 240 g/mol. The van der Waals surface area contributed by atoms with Crippen LogP contribution in [0.1, 0.15) is 0 Å². The molecule has 13 heavy (non-hydrogen) atoms. The maximum absolute atomic E-state index is 11.2. The summed E-state index contributed by atoms with van der Waals surface area (Å²) in [6.07, 6.45) is 2.97. The van der Waals surface area contributed by atoms with Crippen molar-refractivity contribution >= 4 is 15.9 Å². The van der Waals surface area contributed by atoms with E-state index < -0.39 is 0 Å². The first-order valence-electron chi connectivity index (χ1n) is 3.56. The van der Waals surface area contributed by atoms with Gasteiger partial charge < -0.3 is 9.40 Å². The maximum Gasteiger partial charge on any atom is 0.265 e. The van der Waals surface area contributed by atoms with Crippen molar-refractivity contribution in [1.82, 2.24) is 9.97 Å². The van der Waals surface area contributed by atoms with Gasteiger partial charge in [0.2, 0.25) is 0 Å². The Kier molecular flexibility index (Phi) is 2.02. The number of nitrogens with one attached hydrogen (secondary N) is 1. The molecule has 0 amide bonds. The van der Waals surface area contributed by atoms with E-state index in [1.165, 1.54) is 12.5 Å². The zero-order valence-electron chi connectivity index (χ0n) is 6.45. The van der Waals surface area contributed by atoms with Crippen LogP contribution in [0.3, 0.4) is 0 Å². The predicted octanol–water partition coefficient (Wildman–Crippen LogP) is 1.79. The van der Waals surface area contributed by atoms with Gasteiger partial charge in [-0.2, -0.15) is 0 Å². The van der Waals surface area contributed by atoms with Gasteiger partial charge in [0, 0.05) is 6.20 Å². The van der Waals surface area contributed by atoms with Crippen LogP contribution in [0.25, 0.3) is 11.6 Å². The van der Waals surface area contributed by atoms with E-state index in [0.717, 1.165) is 0 Å². The summed E-state index contributed by atoms with van der Waals surface area (Å²) >= 11 is 3.06. The number of aromatic nitrogens is 2.